The number of carboxylic acids is 1. The van der Waals surface area contributed by atoms with Crippen LogP contribution in [-0.2, 0) is 16.0 Å². The van der Waals surface area contributed by atoms with Crippen molar-refractivity contribution < 1.29 is 14.7 Å². The van der Waals surface area contributed by atoms with Crippen molar-refractivity contribution in [2.75, 3.05) is 0 Å². The van der Waals surface area contributed by atoms with E-state index in [0.29, 0.717) is 18.0 Å². The molecule has 0 unspecified atom stereocenters. The van der Waals surface area contributed by atoms with E-state index in [2.05, 4.69) is 16.2 Å². The van der Waals surface area contributed by atoms with Crippen molar-refractivity contribution in [1.82, 2.24) is 9.99 Å². The van der Waals surface area contributed by atoms with E-state index in [1.165, 1.54) is 5.01 Å². The maximum Gasteiger partial charge on any atom is 0.303 e. The average Bonchev–Trinajstić information content (AvgIpc) is 3.19. The maximum atomic E-state index is 12.9. The van der Waals surface area contributed by atoms with Crippen molar-refractivity contribution in [3.8, 4) is 0 Å². The number of hydrazone groups is 1. The van der Waals surface area contributed by atoms with Gasteiger partial charge in [-0.05, 0) is 49.1 Å². The number of hydrogen-bond acceptors (Lipinski definition) is 4. The number of amides is 1. The first-order valence-corrected chi connectivity index (χ1v) is 11.0. The number of carbonyl (C=O) groups excluding carboxylic acids is 1. The molecule has 0 radical (unpaired) electrons. The lowest BCUT2D eigenvalue weighted by atomic mass is 9.98. The molecule has 1 amide bonds. The van der Waals surface area contributed by atoms with Gasteiger partial charge in [0.2, 0.25) is 5.91 Å². The fourth-order valence-electron chi connectivity index (χ4n) is 4.00. The van der Waals surface area contributed by atoms with Crippen LogP contribution in [0.4, 0.5) is 0 Å². The molecule has 1 N–H and O–H groups in total. The summed E-state index contributed by atoms with van der Waals surface area (Å²) in [5, 5.41) is 16.5. The number of aromatic nitrogens is 1. The fraction of sp³-hybridized carbons (Fsp3) is 0.280. The second-order valence-electron chi connectivity index (χ2n) is 8.09. The summed E-state index contributed by atoms with van der Waals surface area (Å²) in [5.41, 5.74) is 4.64. The van der Waals surface area contributed by atoms with E-state index in [1.54, 1.807) is 0 Å². The third-order valence-corrected chi connectivity index (χ3v) is 5.93. The van der Waals surface area contributed by atoms with Gasteiger partial charge >= 0.3 is 5.97 Å². The summed E-state index contributed by atoms with van der Waals surface area (Å²) in [6.07, 6.45) is 1.48. The van der Waals surface area contributed by atoms with Gasteiger partial charge in [-0.25, -0.2) is 9.99 Å². The van der Waals surface area contributed by atoms with Crippen LogP contribution in [0.3, 0.4) is 0 Å². The number of carbonyl (C=O) groups is 2. The monoisotopic (exact) mass is 449 g/mol. The highest BCUT2D eigenvalue weighted by Crippen LogP contribution is 2.28. The number of aryl methyl sites for hydroxylation is 1. The van der Waals surface area contributed by atoms with E-state index in [1.807, 2.05) is 55.5 Å². The molecule has 0 bridgehead atoms. The summed E-state index contributed by atoms with van der Waals surface area (Å²) in [4.78, 5) is 28.3. The normalized spacial score (nSPS) is 15.8. The van der Waals surface area contributed by atoms with Gasteiger partial charge in [-0.15, -0.1) is 0 Å². The Balaban J connectivity index is 1.60. The first kappa shape index (κ1) is 22.0. The lowest BCUT2D eigenvalue weighted by molar-refractivity contribution is -0.137. The standard InChI is InChI=1S/C25H24ClN3O3/c1-16-10-11-21-18(12-16)13-19(25(26)27-21)14-20-15-22(17-6-3-2-4-7-17)28-29(20)23(30)8-5-9-24(31)32/h2-4,6-7,10-13,20H,5,8-9,14-15H2,1H3,(H,31,32)/t20-/m1/s1. The largest absolute Gasteiger partial charge is 0.481 e. The highest BCUT2D eigenvalue weighted by molar-refractivity contribution is 6.30. The van der Waals surface area contributed by atoms with Crippen molar-refractivity contribution in [2.24, 2.45) is 5.10 Å². The molecular formula is C25H24ClN3O3. The van der Waals surface area contributed by atoms with Gasteiger partial charge < -0.3 is 5.11 Å². The van der Waals surface area contributed by atoms with Crippen LogP contribution in [0.15, 0.2) is 59.7 Å². The lowest BCUT2D eigenvalue weighted by Gasteiger charge is -2.22. The minimum Gasteiger partial charge on any atom is -0.481 e. The van der Waals surface area contributed by atoms with Crippen LogP contribution in [0.2, 0.25) is 5.15 Å². The van der Waals surface area contributed by atoms with Crippen LogP contribution >= 0.6 is 11.6 Å². The van der Waals surface area contributed by atoms with Crippen molar-refractivity contribution in [3.63, 3.8) is 0 Å². The molecule has 32 heavy (non-hydrogen) atoms. The number of aliphatic carboxylic acids is 1. The molecule has 1 aliphatic rings. The quantitative estimate of drug-likeness (QED) is 0.514. The number of fused-ring (bicyclic) bond motifs is 1. The molecule has 1 aliphatic heterocycles. The summed E-state index contributed by atoms with van der Waals surface area (Å²) >= 11 is 6.50. The van der Waals surface area contributed by atoms with E-state index >= 15 is 0 Å². The molecule has 0 fully saturated rings. The molecule has 0 aliphatic carbocycles. The van der Waals surface area contributed by atoms with Crippen molar-refractivity contribution in [3.05, 3.63) is 76.4 Å². The Morgan fingerprint density at radius 1 is 1.12 bits per heavy atom. The van der Waals surface area contributed by atoms with Gasteiger partial charge in [-0.3, -0.25) is 9.59 Å². The van der Waals surface area contributed by atoms with E-state index in [0.717, 1.165) is 33.3 Å². The number of nitrogens with zero attached hydrogens (tertiary/aromatic N) is 3. The highest BCUT2D eigenvalue weighted by atomic mass is 35.5. The zero-order valence-corrected chi connectivity index (χ0v) is 18.5. The van der Waals surface area contributed by atoms with Gasteiger partial charge in [-0.1, -0.05) is 53.6 Å². The van der Waals surface area contributed by atoms with Crippen LogP contribution in [0.25, 0.3) is 10.9 Å². The Labute approximate surface area is 191 Å². The molecular weight excluding hydrogens is 426 g/mol. The van der Waals surface area contributed by atoms with Gasteiger partial charge in [-0.2, -0.15) is 5.10 Å². The Bertz CT molecular complexity index is 1190. The third kappa shape index (κ3) is 4.97. The molecule has 2 aromatic carbocycles. The van der Waals surface area contributed by atoms with Crippen LogP contribution in [0.5, 0.6) is 0 Å². The molecule has 7 heteroatoms. The van der Waals surface area contributed by atoms with Crippen molar-refractivity contribution in [2.45, 2.75) is 45.1 Å². The van der Waals surface area contributed by atoms with Crippen LogP contribution in [-0.4, -0.2) is 38.7 Å². The molecule has 0 saturated carbocycles. The minimum atomic E-state index is -0.909. The van der Waals surface area contributed by atoms with E-state index in [-0.39, 0.29) is 31.2 Å². The Kier molecular flexibility index (Phi) is 6.51. The minimum absolute atomic E-state index is 0.0424. The van der Waals surface area contributed by atoms with E-state index in [4.69, 9.17) is 16.7 Å². The molecule has 1 atom stereocenters. The number of carboxylic acid groups (broad SMARTS) is 1. The number of pyridine rings is 1. The van der Waals surface area contributed by atoms with Gasteiger partial charge in [0.25, 0.3) is 0 Å². The Hall–Kier alpha value is -3.25. The predicted molar refractivity (Wildman–Crippen MR) is 125 cm³/mol. The summed E-state index contributed by atoms with van der Waals surface area (Å²) in [5.74, 6) is -1.09. The Morgan fingerprint density at radius 2 is 1.91 bits per heavy atom. The predicted octanol–water partition coefficient (Wildman–Crippen LogP) is 5.00. The Morgan fingerprint density at radius 3 is 2.66 bits per heavy atom. The molecule has 3 aromatic rings. The highest BCUT2D eigenvalue weighted by Gasteiger charge is 2.32. The molecule has 2 heterocycles. The molecule has 0 saturated heterocycles. The topological polar surface area (TPSA) is 82.9 Å². The zero-order chi connectivity index (χ0) is 22.7. The van der Waals surface area contributed by atoms with E-state index in [9.17, 15) is 9.59 Å². The number of halogens is 1. The SMILES string of the molecule is Cc1ccc2nc(Cl)c(C[C@@H]3CC(c4ccccc4)=NN3C(=O)CCCC(=O)O)cc2c1. The summed E-state index contributed by atoms with van der Waals surface area (Å²) in [7, 11) is 0. The molecule has 4 rings (SSSR count). The average molecular weight is 450 g/mol. The van der Waals surface area contributed by atoms with Gasteiger partial charge in [0.15, 0.2) is 0 Å². The van der Waals surface area contributed by atoms with Crippen LogP contribution < -0.4 is 0 Å². The zero-order valence-electron chi connectivity index (χ0n) is 17.8. The van der Waals surface area contributed by atoms with Gasteiger partial charge in [0.1, 0.15) is 5.15 Å². The first-order valence-electron chi connectivity index (χ1n) is 10.6. The maximum absolute atomic E-state index is 12.9. The number of hydrogen-bond donors (Lipinski definition) is 1. The smallest absolute Gasteiger partial charge is 0.303 e. The lowest BCUT2D eigenvalue weighted by Crippen LogP contribution is -2.34. The molecule has 1 aromatic heterocycles. The fourth-order valence-corrected chi connectivity index (χ4v) is 4.23. The molecule has 6 nitrogen and oxygen atoms in total. The van der Waals surface area contributed by atoms with Crippen LogP contribution in [0.1, 0.15) is 42.4 Å². The van der Waals surface area contributed by atoms with Crippen molar-refractivity contribution >= 4 is 40.1 Å². The molecule has 0 spiro atoms. The summed E-state index contributed by atoms with van der Waals surface area (Å²) in [6.45, 7) is 2.03. The van der Waals surface area contributed by atoms with Gasteiger partial charge in [0.05, 0.1) is 17.3 Å². The first-order chi connectivity index (χ1) is 15.4. The second kappa shape index (κ2) is 9.49. The summed E-state index contributed by atoms with van der Waals surface area (Å²) < 4.78 is 0. The van der Waals surface area contributed by atoms with E-state index < -0.39 is 5.97 Å². The van der Waals surface area contributed by atoms with Gasteiger partial charge in [0, 0.05) is 24.6 Å². The molecule has 164 valence electrons. The van der Waals surface area contributed by atoms with Crippen LogP contribution in [0, 0.1) is 6.92 Å². The second-order valence-corrected chi connectivity index (χ2v) is 8.45. The third-order valence-electron chi connectivity index (χ3n) is 5.60. The number of benzene rings is 2. The van der Waals surface area contributed by atoms with Crippen molar-refractivity contribution in [1.29, 1.82) is 0 Å². The summed E-state index contributed by atoms with van der Waals surface area (Å²) in [6, 6.07) is 17.6. The number of rotatable bonds is 7.